The number of anilines is 1. The van der Waals surface area contributed by atoms with E-state index in [4.69, 9.17) is 21.4 Å². The zero-order valence-electron chi connectivity index (χ0n) is 10.0. The number of aromatic nitrogens is 1. The normalized spacial score (nSPS) is 22.3. The molecule has 0 bridgehead atoms. The van der Waals surface area contributed by atoms with Crippen molar-refractivity contribution >= 4 is 23.4 Å². The Kier molecular flexibility index (Phi) is 4.04. The first-order valence-corrected chi connectivity index (χ1v) is 6.25. The second kappa shape index (κ2) is 5.54. The van der Waals surface area contributed by atoms with Crippen molar-refractivity contribution in [1.82, 2.24) is 4.98 Å². The van der Waals surface area contributed by atoms with Crippen molar-refractivity contribution in [3.63, 3.8) is 0 Å². The van der Waals surface area contributed by atoms with E-state index in [1.165, 1.54) is 12.3 Å². The minimum atomic E-state index is -1.03. The SMILES string of the molecule is CCOC1CC(Nc2ncc(C(=O)O)cc2Cl)C1. The van der Waals surface area contributed by atoms with Crippen molar-refractivity contribution in [1.29, 1.82) is 0 Å². The van der Waals surface area contributed by atoms with Crippen molar-refractivity contribution in [2.45, 2.75) is 31.9 Å². The lowest BCUT2D eigenvalue weighted by atomic mass is 9.89. The van der Waals surface area contributed by atoms with Crippen LogP contribution in [0.1, 0.15) is 30.1 Å². The third kappa shape index (κ3) is 2.91. The molecule has 1 saturated carbocycles. The van der Waals surface area contributed by atoms with E-state index in [2.05, 4.69) is 10.3 Å². The molecule has 18 heavy (non-hydrogen) atoms. The topological polar surface area (TPSA) is 71.5 Å². The van der Waals surface area contributed by atoms with Crippen LogP contribution < -0.4 is 5.32 Å². The minimum Gasteiger partial charge on any atom is -0.478 e. The number of aromatic carboxylic acids is 1. The van der Waals surface area contributed by atoms with Crippen LogP contribution in [0.15, 0.2) is 12.3 Å². The predicted molar refractivity (Wildman–Crippen MR) is 68.3 cm³/mol. The number of carboxylic acid groups (broad SMARTS) is 1. The highest BCUT2D eigenvalue weighted by atomic mass is 35.5. The van der Waals surface area contributed by atoms with Crippen molar-refractivity contribution in [2.75, 3.05) is 11.9 Å². The van der Waals surface area contributed by atoms with Crippen LogP contribution in [0.5, 0.6) is 0 Å². The van der Waals surface area contributed by atoms with E-state index in [1.54, 1.807) is 0 Å². The summed E-state index contributed by atoms with van der Waals surface area (Å²) >= 11 is 5.98. The number of hydrogen-bond acceptors (Lipinski definition) is 4. The number of rotatable bonds is 5. The van der Waals surface area contributed by atoms with Gasteiger partial charge in [-0.25, -0.2) is 9.78 Å². The number of carbonyl (C=O) groups is 1. The van der Waals surface area contributed by atoms with Gasteiger partial charge in [0.1, 0.15) is 5.82 Å². The van der Waals surface area contributed by atoms with Crippen LogP contribution in [0.3, 0.4) is 0 Å². The maximum absolute atomic E-state index is 10.7. The molecule has 0 aliphatic heterocycles. The Bertz CT molecular complexity index is 447. The summed E-state index contributed by atoms with van der Waals surface area (Å²) in [6.45, 7) is 2.70. The number of halogens is 1. The van der Waals surface area contributed by atoms with E-state index in [1.807, 2.05) is 6.92 Å². The van der Waals surface area contributed by atoms with Crippen LogP contribution in [0.4, 0.5) is 5.82 Å². The minimum absolute atomic E-state index is 0.0892. The number of nitrogens with zero attached hydrogens (tertiary/aromatic N) is 1. The summed E-state index contributed by atoms with van der Waals surface area (Å²) in [6.07, 6.45) is 3.46. The molecule has 98 valence electrons. The molecule has 0 saturated heterocycles. The third-order valence-corrected chi connectivity index (χ3v) is 3.21. The molecular weight excluding hydrogens is 256 g/mol. The Morgan fingerprint density at radius 3 is 2.94 bits per heavy atom. The Morgan fingerprint density at radius 1 is 1.67 bits per heavy atom. The first kappa shape index (κ1) is 13.1. The summed E-state index contributed by atoms with van der Waals surface area (Å²) in [5, 5.41) is 12.3. The Labute approximate surface area is 110 Å². The second-order valence-electron chi connectivity index (χ2n) is 4.25. The summed E-state index contributed by atoms with van der Waals surface area (Å²) in [6, 6.07) is 1.69. The van der Waals surface area contributed by atoms with Gasteiger partial charge in [-0.05, 0) is 25.8 Å². The highest BCUT2D eigenvalue weighted by Gasteiger charge is 2.30. The molecule has 0 amide bonds. The first-order valence-electron chi connectivity index (χ1n) is 5.87. The molecule has 5 nitrogen and oxygen atoms in total. The quantitative estimate of drug-likeness (QED) is 0.860. The molecule has 1 fully saturated rings. The van der Waals surface area contributed by atoms with Crippen LogP contribution in [-0.2, 0) is 4.74 Å². The first-order chi connectivity index (χ1) is 8.60. The maximum Gasteiger partial charge on any atom is 0.337 e. The summed E-state index contributed by atoms with van der Waals surface area (Å²) < 4.78 is 5.46. The van der Waals surface area contributed by atoms with Gasteiger partial charge >= 0.3 is 5.97 Å². The van der Waals surface area contributed by atoms with Crippen molar-refractivity contribution in [3.05, 3.63) is 22.8 Å². The van der Waals surface area contributed by atoms with Crippen molar-refractivity contribution < 1.29 is 14.6 Å². The number of carboxylic acids is 1. The third-order valence-electron chi connectivity index (χ3n) is 2.93. The molecule has 1 aliphatic rings. The van der Waals surface area contributed by atoms with Gasteiger partial charge in [-0.3, -0.25) is 0 Å². The zero-order valence-corrected chi connectivity index (χ0v) is 10.8. The lowest BCUT2D eigenvalue weighted by molar-refractivity contribution is 0.00292. The molecule has 1 aromatic rings. The molecule has 2 N–H and O–H groups in total. The molecule has 0 unspecified atom stereocenters. The van der Waals surface area contributed by atoms with E-state index >= 15 is 0 Å². The number of pyridine rings is 1. The van der Waals surface area contributed by atoms with E-state index in [-0.39, 0.29) is 5.56 Å². The van der Waals surface area contributed by atoms with Gasteiger partial charge < -0.3 is 15.2 Å². The Balaban J connectivity index is 1.93. The van der Waals surface area contributed by atoms with Gasteiger partial charge in [-0.2, -0.15) is 0 Å². The average Bonchev–Trinajstić information content (AvgIpc) is 2.28. The van der Waals surface area contributed by atoms with Gasteiger partial charge in [-0.1, -0.05) is 11.6 Å². The zero-order chi connectivity index (χ0) is 13.1. The van der Waals surface area contributed by atoms with Crippen molar-refractivity contribution in [2.24, 2.45) is 0 Å². The van der Waals surface area contributed by atoms with E-state index < -0.39 is 5.97 Å². The lowest BCUT2D eigenvalue weighted by Crippen LogP contribution is -2.41. The van der Waals surface area contributed by atoms with Crippen molar-refractivity contribution in [3.8, 4) is 0 Å². The second-order valence-corrected chi connectivity index (χ2v) is 4.66. The molecule has 2 rings (SSSR count). The van der Waals surface area contributed by atoms with Gasteiger partial charge in [0.05, 0.1) is 16.7 Å². The number of ether oxygens (including phenoxy) is 1. The van der Waals surface area contributed by atoms with Gasteiger partial charge in [-0.15, -0.1) is 0 Å². The Hall–Kier alpha value is -1.33. The summed E-state index contributed by atoms with van der Waals surface area (Å²) in [5.74, 6) is -0.502. The average molecular weight is 271 g/mol. The number of nitrogens with one attached hydrogen (secondary N) is 1. The van der Waals surface area contributed by atoms with Crippen LogP contribution in [-0.4, -0.2) is 34.8 Å². The molecule has 1 aliphatic carbocycles. The maximum atomic E-state index is 10.7. The summed E-state index contributed by atoms with van der Waals surface area (Å²) in [4.78, 5) is 14.8. The molecule has 1 aromatic heterocycles. The highest BCUT2D eigenvalue weighted by molar-refractivity contribution is 6.33. The summed E-state index contributed by atoms with van der Waals surface area (Å²) in [7, 11) is 0. The van der Waals surface area contributed by atoms with E-state index in [0.717, 1.165) is 19.4 Å². The molecule has 0 aromatic carbocycles. The van der Waals surface area contributed by atoms with Gasteiger partial charge in [0.2, 0.25) is 0 Å². The van der Waals surface area contributed by atoms with Crippen LogP contribution in [0.2, 0.25) is 5.02 Å². The largest absolute Gasteiger partial charge is 0.478 e. The van der Waals surface area contributed by atoms with Gasteiger partial charge in [0.25, 0.3) is 0 Å². The molecular formula is C12H15ClN2O3. The van der Waals surface area contributed by atoms with Crippen LogP contribution >= 0.6 is 11.6 Å². The highest BCUT2D eigenvalue weighted by Crippen LogP contribution is 2.29. The summed E-state index contributed by atoms with van der Waals surface area (Å²) in [5.41, 5.74) is 0.0892. The molecule has 1 heterocycles. The van der Waals surface area contributed by atoms with E-state index in [9.17, 15) is 4.79 Å². The van der Waals surface area contributed by atoms with Gasteiger partial charge in [0, 0.05) is 18.8 Å². The monoisotopic (exact) mass is 270 g/mol. The number of hydrogen-bond donors (Lipinski definition) is 2. The standard InChI is InChI=1S/C12H15ClN2O3/c1-2-18-9-4-8(5-9)15-11-10(13)3-7(6-14-11)12(16)17/h3,6,8-9H,2,4-5H2,1H3,(H,14,15)(H,16,17). The van der Waals surface area contributed by atoms with Crippen LogP contribution in [0, 0.1) is 0 Å². The molecule has 0 spiro atoms. The fourth-order valence-electron chi connectivity index (χ4n) is 1.91. The molecule has 0 atom stereocenters. The molecule has 6 heteroatoms. The predicted octanol–water partition coefficient (Wildman–Crippen LogP) is 2.41. The fourth-order valence-corrected chi connectivity index (χ4v) is 2.13. The Morgan fingerprint density at radius 2 is 2.39 bits per heavy atom. The van der Waals surface area contributed by atoms with Gasteiger partial charge in [0.15, 0.2) is 0 Å². The van der Waals surface area contributed by atoms with Crippen LogP contribution in [0.25, 0.3) is 0 Å². The fraction of sp³-hybridized carbons (Fsp3) is 0.500. The van der Waals surface area contributed by atoms with E-state index in [0.29, 0.717) is 23.0 Å². The lowest BCUT2D eigenvalue weighted by Gasteiger charge is -2.35. The molecule has 0 radical (unpaired) electrons. The smallest absolute Gasteiger partial charge is 0.337 e.